The molecule has 0 saturated heterocycles. The van der Waals surface area contributed by atoms with E-state index in [0.717, 1.165) is 11.1 Å². The van der Waals surface area contributed by atoms with Gasteiger partial charge in [-0.15, -0.1) is 0 Å². The predicted octanol–water partition coefficient (Wildman–Crippen LogP) is 3.25. The third-order valence-corrected chi connectivity index (χ3v) is 3.02. The molecule has 0 aromatic heterocycles. The van der Waals surface area contributed by atoms with E-state index in [9.17, 15) is 4.39 Å². The number of halogens is 1. The Labute approximate surface area is 101 Å². The fourth-order valence-electron chi connectivity index (χ4n) is 1.96. The minimum Gasteiger partial charge on any atom is -0.318 e. The fraction of sp³-hybridized carbons (Fsp3) is 0.133. The molecule has 2 rings (SSSR count). The topological polar surface area (TPSA) is 26.0 Å². The predicted molar refractivity (Wildman–Crippen MR) is 67.8 cm³/mol. The smallest absolute Gasteiger partial charge is 0.123 e. The largest absolute Gasteiger partial charge is 0.318 e. The molecule has 0 amide bonds. The van der Waals surface area contributed by atoms with Crippen molar-refractivity contribution in [1.82, 2.24) is 0 Å². The van der Waals surface area contributed by atoms with E-state index >= 15 is 0 Å². The quantitative estimate of drug-likeness (QED) is 0.857. The van der Waals surface area contributed by atoms with Gasteiger partial charge in [-0.25, -0.2) is 4.39 Å². The molecule has 17 heavy (non-hydrogen) atoms. The molecule has 1 radical (unpaired) electrons. The molecule has 0 aliphatic carbocycles. The summed E-state index contributed by atoms with van der Waals surface area (Å²) in [4.78, 5) is 0. The van der Waals surface area contributed by atoms with Crippen LogP contribution in [0.15, 0.2) is 54.6 Å². The highest BCUT2D eigenvalue weighted by Gasteiger charge is 2.27. The molecule has 87 valence electrons. The van der Waals surface area contributed by atoms with Gasteiger partial charge in [-0.3, -0.25) is 0 Å². The van der Waals surface area contributed by atoms with Gasteiger partial charge in [0.2, 0.25) is 0 Å². The van der Waals surface area contributed by atoms with Crippen molar-refractivity contribution in [1.29, 1.82) is 0 Å². The van der Waals surface area contributed by atoms with Crippen LogP contribution in [0.5, 0.6) is 0 Å². The number of hydrogen-bond acceptors (Lipinski definition) is 1. The van der Waals surface area contributed by atoms with Crippen molar-refractivity contribution in [2.75, 3.05) is 0 Å². The van der Waals surface area contributed by atoms with Crippen molar-refractivity contribution in [3.8, 4) is 0 Å². The highest BCUT2D eigenvalue weighted by molar-refractivity contribution is 5.38. The summed E-state index contributed by atoms with van der Waals surface area (Å²) in [5.74, 6) is -0.276. The van der Waals surface area contributed by atoms with Crippen LogP contribution < -0.4 is 5.73 Å². The lowest BCUT2D eigenvalue weighted by atomic mass is 9.82. The Hall–Kier alpha value is -1.67. The van der Waals surface area contributed by atoms with Gasteiger partial charge in [0.05, 0.1) is 5.54 Å². The van der Waals surface area contributed by atoms with Crippen LogP contribution in [0.2, 0.25) is 0 Å². The van der Waals surface area contributed by atoms with Gasteiger partial charge in [-0.05, 0) is 29.7 Å². The average Bonchev–Trinajstić information content (AvgIpc) is 2.39. The van der Waals surface area contributed by atoms with Gasteiger partial charge in [0.1, 0.15) is 5.82 Å². The molecule has 0 unspecified atom stereocenters. The van der Waals surface area contributed by atoms with Crippen molar-refractivity contribution < 1.29 is 4.39 Å². The molecule has 1 nitrogen and oxygen atoms in total. The van der Waals surface area contributed by atoms with Crippen LogP contribution in [0.4, 0.5) is 4.39 Å². The van der Waals surface area contributed by atoms with Gasteiger partial charge >= 0.3 is 0 Å². The summed E-state index contributed by atoms with van der Waals surface area (Å²) in [6, 6.07) is 16.0. The Morgan fingerprint density at radius 1 is 1.00 bits per heavy atom. The summed E-state index contributed by atoms with van der Waals surface area (Å²) in [5, 5.41) is 0. The van der Waals surface area contributed by atoms with E-state index in [1.54, 1.807) is 6.07 Å². The van der Waals surface area contributed by atoms with E-state index < -0.39 is 5.54 Å². The minimum atomic E-state index is -0.733. The number of rotatable bonds is 3. The summed E-state index contributed by atoms with van der Waals surface area (Å²) in [5.41, 5.74) is 7.34. The average molecular weight is 228 g/mol. The Morgan fingerprint density at radius 3 is 2.24 bits per heavy atom. The van der Waals surface area contributed by atoms with Crippen molar-refractivity contribution in [2.45, 2.75) is 12.0 Å². The van der Waals surface area contributed by atoms with Crippen LogP contribution in [0.3, 0.4) is 0 Å². The van der Waals surface area contributed by atoms with E-state index in [-0.39, 0.29) is 5.82 Å². The van der Waals surface area contributed by atoms with Crippen LogP contribution >= 0.6 is 0 Å². The molecule has 0 aliphatic rings. The Balaban J connectivity index is 2.52. The Bertz CT molecular complexity index is 495. The minimum absolute atomic E-state index is 0.276. The van der Waals surface area contributed by atoms with Crippen molar-refractivity contribution >= 4 is 0 Å². The first-order valence-corrected chi connectivity index (χ1v) is 5.56. The molecule has 0 saturated carbocycles. The molecule has 2 aromatic rings. The van der Waals surface area contributed by atoms with E-state index in [1.807, 2.05) is 36.4 Å². The molecule has 0 heterocycles. The Morgan fingerprint density at radius 2 is 1.65 bits per heavy atom. The van der Waals surface area contributed by atoms with Crippen LogP contribution in [-0.2, 0) is 5.54 Å². The zero-order valence-electron chi connectivity index (χ0n) is 9.57. The summed E-state index contributed by atoms with van der Waals surface area (Å²) in [6.07, 6.45) is 0.473. The van der Waals surface area contributed by atoms with Crippen molar-refractivity contribution in [2.24, 2.45) is 5.73 Å². The van der Waals surface area contributed by atoms with E-state index in [0.29, 0.717) is 6.42 Å². The third kappa shape index (κ3) is 2.22. The fourth-order valence-corrected chi connectivity index (χ4v) is 1.96. The summed E-state index contributed by atoms with van der Waals surface area (Å²) in [7, 11) is 0. The second-order valence-corrected chi connectivity index (χ2v) is 4.10. The van der Waals surface area contributed by atoms with Gasteiger partial charge < -0.3 is 5.73 Å². The summed E-state index contributed by atoms with van der Waals surface area (Å²) >= 11 is 0. The monoisotopic (exact) mass is 228 g/mol. The first-order valence-electron chi connectivity index (χ1n) is 5.56. The van der Waals surface area contributed by atoms with E-state index in [2.05, 4.69) is 6.92 Å². The number of nitrogens with two attached hydrogens (primary N) is 1. The second kappa shape index (κ2) is 4.68. The van der Waals surface area contributed by atoms with Crippen molar-refractivity contribution in [3.05, 3.63) is 78.5 Å². The maximum absolute atomic E-state index is 13.3. The highest BCUT2D eigenvalue weighted by Crippen LogP contribution is 2.30. The van der Waals surface area contributed by atoms with Crippen LogP contribution in [-0.4, -0.2) is 0 Å². The van der Waals surface area contributed by atoms with Crippen LogP contribution in [0.25, 0.3) is 0 Å². The molecule has 2 N–H and O–H groups in total. The normalized spacial score (nSPS) is 14.3. The molecule has 0 fully saturated rings. The van der Waals surface area contributed by atoms with Gasteiger partial charge in [0, 0.05) is 0 Å². The van der Waals surface area contributed by atoms with Gasteiger partial charge in [-0.2, -0.15) is 0 Å². The first kappa shape index (κ1) is 11.8. The lowest BCUT2D eigenvalue weighted by Gasteiger charge is -2.29. The second-order valence-electron chi connectivity index (χ2n) is 4.10. The number of benzene rings is 2. The summed E-state index contributed by atoms with van der Waals surface area (Å²) < 4.78 is 13.3. The molecular formula is C15H15FN. The lowest BCUT2D eigenvalue weighted by Crippen LogP contribution is -2.37. The van der Waals surface area contributed by atoms with Crippen LogP contribution in [0.1, 0.15) is 17.5 Å². The molecule has 2 heteroatoms. The molecule has 2 aromatic carbocycles. The van der Waals surface area contributed by atoms with Crippen LogP contribution in [0, 0.1) is 12.7 Å². The molecular weight excluding hydrogens is 213 g/mol. The van der Waals surface area contributed by atoms with Gasteiger partial charge in [0.15, 0.2) is 0 Å². The third-order valence-electron chi connectivity index (χ3n) is 3.02. The van der Waals surface area contributed by atoms with Gasteiger partial charge in [0.25, 0.3) is 0 Å². The standard InChI is InChI=1S/C15H15FN/c1-2-15(17,12-7-4-3-5-8-12)13-9-6-10-14(16)11-13/h3-11H,1-2,17H2/t15-/m1/s1. The molecule has 0 bridgehead atoms. The van der Waals surface area contributed by atoms with E-state index in [4.69, 9.17) is 5.73 Å². The molecule has 0 spiro atoms. The SMILES string of the molecule is [CH2]C[C@@](N)(c1ccccc1)c1cccc(F)c1. The molecule has 0 aliphatic heterocycles. The maximum atomic E-state index is 13.3. The highest BCUT2D eigenvalue weighted by atomic mass is 19.1. The van der Waals surface area contributed by atoms with Crippen molar-refractivity contribution in [3.63, 3.8) is 0 Å². The Kier molecular flexibility index (Phi) is 3.25. The number of hydrogen-bond donors (Lipinski definition) is 1. The zero-order chi connectivity index (χ0) is 12.3. The maximum Gasteiger partial charge on any atom is 0.123 e. The lowest BCUT2D eigenvalue weighted by molar-refractivity contribution is 0.536. The van der Waals surface area contributed by atoms with Gasteiger partial charge in [-0.1, -0.05) is 49.4 Å². The summed E-state index contributed by atoms with van der Waals surface area (Å²) in [6.45, 7) is 3.89. The molecule has 1 atom stereocenters. The van der Waals surface area contributed by atoms with E-state index in [1.165, 1.54) is 12.1 Å². The first-order chi connectivity index (χ1) is 8.16. The zero-order valence-corrected chi connectivity index (χ0v) is 9.57.